The second kappa shape index (κ2) is 8.43. The van der Waals surface area contributed by atoms with Crippen molar-refractivity contribution in [3.63, 3.8) is 0 Å². The molecular weight excluding hydrogens is 250 g/mol. The molecule has 1 aromatic rings. The van der Waals surface area contributed by atoms with E-state index in [1.165, 1.54) is 0 Å². The fourth-order valence-electron chi connectivity index (χ4n) is 1.24. The number of methoxy groups -OCH3 is 2. The summed E-state index contributed by atoms with van der Waals surface area (Å²) in [6.45, 7) is 1.24. The molecule has 0 aliphatic rings. The first kappa shape index (κ1) is 14.4. The van der Waals surface area contributed by atoms with Crippen LogP contribution in [-0.2, 0) is 4.74 Å². The van der Waals surface area contributed by atoms with E-state index < -0.39 is 0 Å². The molecule has 0 atom stereocenters. The minimum absolute atomic E-state index is 0.457. The number of para-hydroxylation sites is 1. The zero-order valence-corrected chi connectivity index (χ0v) is 11.3. The van der Waals surface area contributed by atoms with Crippen LogP contribution in [0.4, 0.5) is 0 Å². The molecule has 5 nitrogen and oxygen atoms in total. The van der Waals surface area contributed by atoms with E-state index in [1.54, 1.807) is 20.4 Å². The minimum Gasteiger partial charge on any atom is -0.496 e. The van der Waals surface area contributed by atoms with E-state index in [4.69, 9.17) is 21.7 Å². The Labute approximate surface area is 112 Å². The Bertz CT molecular complexity index is 410. The van der Waals surface area contributed by atoms with Gasteiger partial charge in [-0.25, -0.2) is 0 Å². The highest BCUT2D eigenvalue weighted by atomic mass is 32.1. The van der Waals surface area contributed by atoms with Crippen LogP contribution in [0.3, 0.4) is 0 Å². The van der Waals surface area contributed by atoms with Crippen LogP contribution in [0.2, 0.25) is 0 Å². The van der Waals surface area contributed by atoms with E-state index >= 15 is 0 Å². The summed E-state index contributed by atoms with van der Waals surface area (Å²) in [4.78, 5) is 0. The Morgan fingerprint density at radius 1 is 1.39 bits per heavy atom. The first-order valence-electron chi connectivity index (χ1n) is 5.46. The molecule has 0 aliphatic carbocycles. The van der Waals surface area contributed by atoms with Crippen molar-refractivity contribution in [1.82, 2.24) is 10.7 Å². The molecular formula is C12H17N3O2S. The van der Waals surface area contributed by atoms with Crippen molar-refractivity contribution in [2.45, 2.75) is 0 Å². The van der Waals surface area contributed by atoms with E-state index in [-0.39, 0.29) is 0 Å². The van der Waals surface area contributed by atoms with Gasteiger partial charge in [0.15, 0.2) is 5.11 Å². The van der Waals surface area contributed by atoms with Gasteiger partial charge in [-0.3, -0.25) is 5.43 Å². The summed E-state index contributed by atoms with van der Waals surface area (Å²) in [5, 5.41) is 7.43. The Morgan fingerprint density at radius 2 is 2.17 bits per heavy atom. The van der Waals surface area contributed by atoms with Gasteiger partial charge in [0.2, 0.25) is 0 Å². The lowest BCUT2D eigenvalue weighted by atomic mass is 10.2. The molecule has 1 aromatic carbocycles. The van der Waals surface area contributed by atoms with Crippen LogP contribution in [0.5, 0.6) is 5.75 Å². The third-order valence-corrected chi connectivity index (χ3v) is 2.34. The number of nitrogens with zero attached hydrogens (tertiary/aromatic N) is 1. The molecule has 0 aromatic heterocycles. The number of nitrogens with one attached hydrogen (secondary N) is 2. The lowest BCUT2D eigenvalue weighted by Gasteiger charge is -2.06. The second-order valence-electron chi connectivity index (χ2n) is 3.36. The van der Waals surface area contributed by atoms with Crippen LogP contribution < -0.4 is 15.5 Å². The Balaban J connectivity index is 2.42. The molecule has 98 valence electrons. The average molecular weight is 267 g/mol. The highest BCUT2D eigenvalue weighted by molar-refractivity contribution is 7.80. The molecule has 0 bridgehead atoms. The van der Waals surface area contributed by atoms with Gasteiger partial charge in [0.1, 0.15) is 5.75 Å². The highest BCUT2D eigenvalue weighted by Crippen LogP contribution is 2.14. The molecule has 0 heterocycles. The zero-order chi connectivity index (χ0) is 13.2. The molecule has 0 amide bonds. The summed E-state index contributed by atoms with van der Waals surface area (Å²) in [6.07, 6.45) is 1.66. The molecule has 0 spiro atoms. The Morgan fingerprint density at radius 3 is 2.89 bits per heavy atom. The lowest BCUT2D eigenvalue weighted by Crippen LogP contribution is -2.34. The van der Waals surface area contributed by atoms with Crippen molar-refractivity contribution in [2.24, 2.45) is 5.10 Å². The van der Waals surface area contributed by atoms with Crippen LogP contribution >= 0.6 is 12.2 Å². The largest absolute Gasteiger partial charge is 0.496 e. The second-order valence-corrected chi connectivity index (χ2v) is 3.77. The highest BCUT2D eigenvalue weighted by Gasteiger charge is 1.97. The Hall–Kier alpha value is -1.66. The van der Waals surface area contributed by atoms with Gasteiger partial charge >= 0.3 is 0 Å². The van der Waals surface area contributed by atoms with Gasteiger partial charge in [-0.05, 0) is 24.4 Å². The van der Waals surface area contributed by atoms with Crippen molar-refractivity contribution in [2.75, 3.05) is 27.4 Å². The van der Waals surface area contributed by atoms with Gasteiger partial charge in [0.25, 0.3) is 0 Å². The summed E-state index contributed by atoms with van der Waals surface area (Å²) in [6, 6.07) is 7.60. The van der Waals surface area contributed by atoms with Gasteiger partial charge in [-0.2, -0.15) is 5.10 Å². The van der Waals surface area contributed by atoms with Crippen LogP contribution in [0.15, 0.2) is 29.4 Å². The third-order valence-electron chi connectivity index (χ3n) is 2.10. The summed E-state index contributed by atoms with van der Waals surface area (Å²) in [5.41, 5.74) is 3.60. The minimum atomic E-state index is 0.457. The van der Waals surface area contributed by atoms with E-state index in [0.29, 0.717) is 18.3 Å². The van der Waals surface area contributed by atoms with Crippen molar-refractivity contribution in [1.29, 1.82) is 0 Å². The third kappa shape index (κ3) is 5.11. The van der Waals surface area contributed by atoms with Gasteiger partial charge in [-0.15, -0.1) is 0 Å². The summed E-state index contributed by atoms with van der Waals surface area (Å²) in [5.74, 6) is 0.765. The monoisotopic (exact) mass is 267 g/mol. The number of thiocarbonyl (C=S) groups is 1. The fourth-order valence-corrected chi connectivity index (χ4v) is 1.39. The quantitative estimate of drug-likeness (QED) is 0.350. The number of hydrogen-bond acceptors (Lipinski definition) is 4. The summed E-state index contributed by atoms with van der Waals surface area (Å²) < 4.78 is 10.1. The lowest BCUT2D eigenvalue weighted by molar-refractivity contribution is 0.204. The van der Waals surface area contributed by atoms with E-state index in [9.17, 15) is 0 Å². The van der Waals surface area contributed by atoms with Crippen molar-refractivity contribution < 1.29 is 9.47 Å². The maximum Gasteiger partial charge on any atom is 0.187 e. The van der Waals surface area contributed by atoms with Crippen LogP contribution in [0.25, 0.3) is 0 Å². The zero-order valence-electron chi connectivity index (χ0n) is 10.5. The molecule has 18 heavy (non-hydrogen) atoms. The smallest absolute Gasteiger partial charge is 0.187 e. The Kier molecular flexibility index (Phi) is 6.75. The molecule has 1 rings (SSSR count). The van der Waals surface area contributed by atoms with Gasteiger partial charge in [0.05, 0.1) is 19.9 Å². The summed E-state index contributed by atoms with van der Waals surface area (Å²) in [7, 11) is 3.26. The number of hydrazone groups is 1. The molecule has 0 aliphatic heterocycles. The maximum atomic E-state index is 5.20. The van der Waals surface area contributed by atoms with Crippen molar-refractivity contribution >= 4 is 23.5 Å². The van der Waals surface area contributed by atoms with Crippen molar-refractivity contribution in [3.8, 4) is 5.75 Å². The van der Waals surface area contributed by atoms with Crippen LogP contribution in [0.1, 0.15) is 5.56 Å². The standard InChI is InChI=1S/C12H17N3O2S/c1-16-8-7-13-12(18)15-14-9-10-5-3-4-6-11(10)17-2/h3-6,9H,7-8H2,1-2H3,(H2,13,15,18). The molecule has 0 saturated heterocycles. The first-order chi connectivity index (χ1) is 8.77. The van der Waals surface area contributed by atoms with Gasteiger partial charge in [-0.1, -0.05) is 12.1 Å². The maximum absolute atomic E-state index is 5.20. The summed E-state index contributed by atoms with van der Waals surface area (Å²) >= 11 is 5.02. The number of hydrogen-bond donors (Lipinski definition) is 2. The van der Waals surface area contributed by atoms with Crippen LogP contribution in [-0.4, -0.2) is 38.7 Å². The van der Waals surface area contributed by atoms with Crippen LogP contribution in [0, 0.1) is 0 Å². The predicted molar refractivity (Wildman–Crippen MR) is 76.2 cm³/mol. The first-order valence-corrected chi connectivity index (χ1v) is 5.87. The molecule has 0 radical (unpaired) electrons. The molecule has 2 N–H and O–H groups in total. The van der Waals surface area contributed by atoms with E-state index in [0.717, 1.165) is 11.3 Å². The average Bonchev–Trinajstić information content (AvgIpc) is 2.39. The van der Waals surface area contributed by atoms with Gasteiger partial charge in [0, 0.05) is 19.2 Å². The molecule has 0 fully saturated rings. The van der Waals surface area contributed by atoms with Crippen molar-refractivity contribution in [3.05, 3.63) is 29.8 Å². The topological polar surface area (TPSA) is 54.9 Å². The number of ether oxygens (including phenoxy) is 2. The van der Waals surface area contributed by atoms with E-state index in [2.05, 4.69) is 15.8 Å². The number of benzene rings is 1. The normalized spacial score (nSPS) is 10.3. The van der Waals surface area contributed by atoms with Gasteiger partial charge < -0.3 is 14.8 Å². The SMILES string of the molecule is COCCNC(=S)NN=Cc1ccccc1OC. The predicted octanol–water partition coefficient (Wildman–Crippen LogP) is 1.14. The van der Waals surface area contributed by atoms with E-state index in [1.807, 2.05) is 24.3 Å². The molecule has 6 heteroatoms. The molecule has 0 unspecified atom stereocenters. The fraction of sp³-hybridized carbons (Fsp3) is 0.333. The number of rotatable bonds is 6. The molecule has 0 saturated carbocycles.